The number of amides is 2. The number of ether oxygens (including phenoxy) is 3. The summed E-state index contributed by atoms with van der Waals surface area (Å²) in [7, 11) is 0. The second-order valence-electron chi connectivity index (χ2n) is 9.40. The van der Waals surface area contributed by atoms with E-state index in [1.54, 1.807) is 58.9 Å². The number of para-hydroxylation sites is 1. The van der Waals surface area contributed by atoms with Crippen LogP contribution in [0.2, 0.25) is 0 Å². The number of esters is 2. The Labute approximate surface area is 199 Å². The molecule has 0 bridgehead atoms. The maximum Gasteiger partial charge on any atom is 0.408 e. The number of carbonyl (C=O) groups is 4. The van der Waals surface area contributed by atoms with E-state index in [0.717, 1.165) is 0 Å². The summed E-state index contributed by atoms with van der Waals surface area (Å²) in [6, 6.07) is 8.92. The standard InChI is InChI=1S/C25H32N2O7/c1-6-32-21(29)19-18-15(13-17(28)26-16-11-9-8-10-12-16)14-25(20(18)19,22(30)33-7-2)27-23(31)34-24(3,4)5/h8-13,18-20H,6-7,14H2,1-5H3,(H,26,28)(H,27,31). The van der Waals surface area contributed by atoms with Crippen molar-refractivity contribution < 1.29 is 33.4 Å². The molecule has 9 nitrogen and oxygen atoms in total. The van der Waals surface area contributed by atoms with Gasteiger partial charge in [-0.1, -0.05) is 23.8 Å². The molecule has 2 aliphatic carbocycles. The average Bonchev–Trinajstić information content (AvgIpc) is 3.41. The molecule has 184 valence electrons. The second-order valence-corrected chi connectivity index (χ2v) is 9.40. The first kappa shape index (κ1) is 25.3. The number of benzene rings is 1. The minimum absolute atomic E-state index is 0.0263. The van der Waals surface area contributed by atoms with E-state index in [-0.39, 0.29) is 19.6 Å². The summed E-state index contributed by atoms with van der Waals surface area (Å²) in [5.74, 6) is -3.26. The summed E-state index contributed by atoms with van der Waals surface area (Å²) in [5, 5.41) is 5.46. The van der Waals surface area contributed by atoms with Gasteiger partial charge >= 0.3 is 18.0 Å². The van der Waals surface area contributed by atoms with Gasteiger partial charge in [0.2, 0.25) is 5.91 Å². The molecule has 2 N–H and O–H groups in total. The van der Waals surface area contributed by atoms with Gasteiger partial charge in [0.1, 0.15) is 11.1 Å². The predicted octanol–water partition coefficient (Wildman–Crippen LogP) is 3.21. The van der Waals surface area contributed by atoms with E-state index in [1.165, 1.54) is 6.08 Å². The molecule has 2 aliphatic rings. The highest BCUT2D eigenvalue weighted by Gasteiger charge is 2.74. The molecule has 0 heterocycles. The highest BCUT2D eigenvalue weighted by molar-refractivity contribution is 6.01. The molecule has 2 fully saturated rings. The van der Waals surface area contributed by atoms with Crippen LogP contribution in [0.3, 0.4) is 0 Å². The highest BCUT2D eigenvalue weighted by atomic mass is 16.6. The summed E-state index contributed by atoms with van der Waals surface area (Å²) in [6.45, 7) is 8.74. The Bertz CT molecular complexity index is 983. The molecule has 1 aromatic carbocycles. The van der Waals surface area contributed by atoms with Crippen LogP contribution in [-0.4, -0.2) is 48.3 Å². The largest absolute Gasteiger partial charge is 0.466 e. The van der Waals surface area contributed by atoms with Crippen LogP contribution in [0.4, 0.5) is 10.5 Å². The third-order valence-electron chi connectivity index (χ3n) is 5.78. The lowest BCUT2D eigenvalue weighted by molar-refractivity contribution is -0.153. The molecule has 0 saturated heterocycles. The summed E-state index contributed by atoms with van der Waals surface area (Å²) in [4.78, 5) is 51.3. The van der Waals surface area contributed by atoms with Crippen molar-refractivity contribution in [2.45, 2.75) is 52.2 Å². The van der Waals surface area contributed by atoms with Gasteiger partial charge in [0.05, 0.1) is 19.1 Å². The zero-order valence-electron chi connectivity index (χ0n) is 20.2. The van der Waals surface area contributed by atoms with Gasteiger partial charge < -0.3 is 24.8 Å². The van der Waals surface area contributed by atoms with Crippen LogP contribution in [0.1, 0.15) is 41.0 Å². The molecular weight excluding hydrogens is 440 g/mol. The average molecular weight is 473 g/mol. The first-order chi connectivity index (χ1) is 16.0. The quantitative estimate of drug-likeness (QED) is 0.355. The Hall–Kier alpha value is -3.36. The van der Waals surface area contributed by atoms with Gasteiger partial charge in [-0.25, -0.2) is 9.59 Å². The van der Waals surface area contributed by atoms with E-state index >= 15 is 0 Å². The molecule has 4 unspecified atom stereocenters. The van der Waals surface area contributed by atoms with Crippen molar-refractivity contribution in [2.75, 3.05) is 18.5 Å². The Kier molecular flexibility index (Phi) is 7.33. The van der Waals surface area contributed by atoms with Crippen molar-refractivity contribution >= 4 is 29.6 Å². The summed E-state index contributed by atoms with van der Waals surface area (Å²) < 4.78 is 15.9. The minimum atomic E-state index is -1.54. The molecule has 3 rings (SSSR count). The fourth-order valence-electron chi connectivity index (χ4n) is 4.62. The molecule has 9 heteroatoms. The van der Waals surface area contributed by atoms with Gasteiger partial charge in [0, 0.05) is 30.0 Å². The molecule has 0 spiro atoms. The van der Waals surface area contributed by atoms with Crippen molar-refractivity contribution in [1.82, 2.24) is 5.32 Å². The Morgan fingerprint density at radius 2 is 1.71 bits per heavy atom. The first-order valence-electron chi connectivity index (χ1n) is 11.4. The number of anilines is 1. The van der Waals surface area contributed by atoms with Crippen molar-refractivity contribution in [2.24, 2.45) is 17.8 Å². The summed E-state index contributed by atoms with van der Waals surface area (Å²) >= 11 is 0. The van der Waals surface area contributed by atoms with Crippen LogP contribution in [0, 0.1) is 17.8 Å². The summed E-state index contributed by atoms with van der Waals surface area (Å²) in [6.07, 6.45) is 0.615. The van der Waals surface area contributed by atoms with Gasteiger partial charge in [-0.3, -0.25) is 9.59 Å². The fourth-order valence-corrected chi connectivity index (χ4v) is 4.62. The highest BCUT2D eigenvalue weighted by Crippen LogP contribution is 2.65. The molecule has 2 saturated carbocycles. The van der Waals surface area contributed by atoms with E-state index < -0.39 is 52.8 Å². The maximum absolute atomic E-state index is 13.2. The van der Waals surface area contributed by atoms with Crippen LogP contribution >= 0.6 is 0 Å². The van der Waals surface area contributed by atoms with Crippen LogP contribution in [0.15, 0.2) is 42.0 Å². The van der Waals surface area contributed by atoms with Crippen LogP contribution in [-0.2, 0) is 28.6 Å². The van der Waals surface area contributed by atoms with E-state index in [1.807, 2.05) is 6.07 Å². The molecule has 0 aromatic heterocycles. The number of nitrogens with one attached hydrogen (secondary N) is 2. The van der Waals surface area contributed by atoms with E-state index in [0.29, 0.717) is 11.3 Å². The van der Waals surface area contributed by atoms with E-state index in [2.05, 4.69) is 10.6 Å². The van der Waals surface area contributed by atoms with Crippen molar-refractivity contribution in [1.29, 1.82) is 0 Å². The predicted molar refractivity (Wildman–Crippen MR) is 124 cm³/mol. The number of fused-ring (bicyclic) bond motifs is 1. The van der Waals surface area contributed by atoms with Crippen LogP contribution in [0.25, 0.3) is 0 Å². The molecule has 2 amide bonds. The zero-order chi connectivity index (χ0) is 25.1. The van der Waals surface area contributed by atoms with Gasteiger partial charge in [0.25, 0.3) is 0 Å². The first-order valence-corrected chi connectivity index (χ1v) is 11.4. The van der Waals surface area contributed by atoms with Gasteiger partial charge in [0.15, 0.2) is 0 Å². The molecule has 1 aromatic rings. The maximum atomic E-state index is 13.2. The zero-order valence-corrected chi connectivity index (χ0v) is 20.2. The third-order valence-corrected chi connectivity index (χ3v) is 5.78. The van der Waals surface area contributed by atoms with E-state index in [9.17, 15) is 19.2 Å². The van der Waals surface area contributed by atoms with E-state index in [4.69, 9.17) is 14.2 Å². The van der Waals surface area contributed by atoms with Crippen LogP contribution in [0.5, 0.6) is 0 Å². The summed E-state index contributed by atoms with van der Waals surface area (Å²) in [5.41, 5.74) is -1.16. The lowest BCUT2D eigenvalue weighted by atomic mass is 9.88. The molecule has 0 aliphatic heterocycles. The second kappa shape index (κ2) is 9.87. The third kappa shape index (κ3) is 5.40. The number of hydrogen-bond donors (Lipinski definition) is 2. The smallest absolute Gasteiger partial charge is 0.408 e. The lowest BCUT2D eigenvalue weighted by Crippen LogP contribution is -2.57. The van der Waals surface area contributed by atoms with Crippen molar-refractivity contribution in [3.05, 3.63) is 42.0 Å². The molecular formula is C25H32N2O7. The Balaban J connectivity index is 1.94. The van der Waals surface area contributed by atoms with Gasteiger partial charge in [-0.2, -0.15) is 0 Å². The molecule has 0 radical (unpaired) electrons. The minimum Gasteiger partial charge on any atom is -0.466 e. The normalized spacial score (nSPS) is 26.3. The number of hydrogen-bond acceptors (Lipinski definition) is 7. The Morgan fingerprint density at radius 1 is 1.06 bits per heavy atom. The number of carbonyl (C=O) groups excluding carboxylic acids is 4. The molecule has 4 atom stereocenters. The topological polar surface area (TPSA) is 120 Å². The number of alkyl carbamates (subject to hydrolysis) is 1. The van der Waals surface area contributed by atoms with Crippen molar-refractivity contribution in [3.63, 3.8) is 0 Å². The Morgan fingerprint density at radius 3 is 2.29 bits per heavy atom. The van der Waals surface area contributed by atoms with Gasteiger partial charge in [-0.05, 0) is 46.8 Å². The lowest BCUT2D eigenvalue weighted by Gasteiger charge is -2.32. The number of rotatable bonds is 7. The van der Waals surface area contributed by atoms with Crippen molar-refractivity contribution in [3.8, 4) is 0 Å². The van der Waals surface area contributed by atoms with Gasteiger partial charge in [-0.15, -0.1) is 0 Å². The fraction of sp³-hybridized carbons (Fsp3) is 0.520. The SMILES string of the molecule is CCOC(=O)C1C2C(=CC(=O)Nc3ccccc3)CC(NC(=O)OC(C)(C)C)(C(=O)OCC)C12. The molecule has 34 heavy (non-hydrogen) atoms. The monoisotopic (exact) mass is 472 g/mol. The van der Waals surface area contributed by atoms with Crippen LogP contribution < -0.4 is 10.6 Å².